The fourth-order valence-corrected chi connectivity index (χ4v) is 3.69. The molecule has 2 atom stereocenters. The van der Waals surface area contributed by atoms with Gasteiger partial charge in [-0.05, 0) is 29.3 Å². The van der Waals surface area contributed by atoms with Crippen molar-refractivity contribution < 1.29 is 14.3 Å². The van der Waals surface area contributed by atoms with Crippen LogP contribution in [0.5, 0.6) is 5.75 Å². The van der Waals surface area contributed by atoms with E-state index in [0.717, 1.165) is 27.8 Å². The molecule has 1 fully saturated rings. The summed E-state index contributed by atoms with van der Waals surface area (Å²) in [5.41, 5.74) is 3.37. The molecule has 0 radical (unpaired) electrons. The third-order valence-corrected chi connectivity index (χ3v) is 5.23. The number of carbonyl (C=O) groups excluding carboxylic acids is 1. The van der Waals surface area contributed by atoms with Crippen LogP contribution >= 0.6 is 0 Å². The molecular formula is C22H25N3O3. The monoisotopic (exact) mass is 379 g/mol. The van der Waals surface area contributed by atoms with Crippen LogP contribution in [0.4, 0.5) is 0 Å². The van der Waals surface area contributed by atoms with Crippen molar-refractivity contribution >= 4 is 16.8 Å². The maximum atomic E-state index is 12.6. The zero-order chi connectivity index (χ0) is 19.3. The fraction of sp³-hybridized carbons (Fsp3) is 0.318. The number of aromatic nitrogens is 1. The minimum absolute atomic E-state index is 0.0236. The molecule has 2 unspecified atom stereocenters. The van der Waals surface area contributed by atoms with E-state index in [2.05, 4.69) is 39.9 Å². The number of amides is 1. The zero-order valence-electron chi connectivity index (χ0n) is 15.9. The van der Waals surface area contributed by atoms with Crippen molar-refractivity contribution in [3.63, 3.8) is 0 Å². The SMILES string of the molecule is COc1ccc(C(CNC(=O)C2COCCN2)c2c[nH]c3ccccc23)cc1. The van der Waals surface area contributed by atoms with Gasteiger partial charge >= 0.3 is 0 Å². The molecule has 1 amide bonds. The van der Waals surface area contributed by atoms with Gasteiger partial charge in [0, 0.05) is 36.1 Å². The van der Waals surface area contributed by atoms with E-state index in [1.165, 1.54) is 0 Å². The molecule has 0 aliphatic carbocycles. The van der Waals surface area contributed by atoms with E-state index >= 15 is 0 Å². The first kappa shape index (κ1) is 18.5. The van der Waals surface area contributed by atoms with E-state index in [0.29, 0.717) is 26.3 Å². The van der Waals surface area contributed by atoms with Gasteiger partial charge in [0.15, 0.2) is 0 Å². The van der Waals surface area contributed by atoms with Gasteiger partial charge in [0.25, 0.3) is 0 Å². The van der Waals surface area contributed by atoms with Crippen molar-refractivity contribution in [1.29, 1.82) is 0 Å². The van der Waals surface area contributed by atoms with Gasteiger partial charge in [0.05, 0.1) is 20.3 Å². The van der Waals surface area contributed by atoms with Crippen LogP contribution < -0.4 is 15.4 Å². The van der Waals surface area contributed by atoms with E-state index in [1.54, 1.807) is 7.11 Å². The minimum atomic E-state index is -0.298. The van der Waals surface area contributed by atoms with Crippen LogP contribution in [0, 0.1) is 0 Å². The lowest BCUT2D eigenvalue weighted by molar-refractivity contribution is -0.125. The van der Waals surface area contributed by atoms with Crippen molar-refractivity contribution in [2.45, 2.75) is 12.0 Å². The van der Waals surface area contributed by atoms with Gasteiger partial charge in [0.2, 0.25) is 5.91 Å². The number of para-hydroxylation sites is 1. The normalized spacial score (nSPS) is 18.0. The van der Waals surface area contributed by atoms with Gasteiger partial charge in [-0.25, -0.2) is 0 Å². The molecule has 146 valence electrons. The summed E-state index contributed by atoms with van der Waals surface area (Å²) < 4.78 is 10.7. The van der Waals surface area contributed by atoms with E-state index < -0.39 is 0 Å². The van der Waals surface area contributed by atoms with Crippen molar-refractivity contribution in [2.75, 3.05) is 33.4 Å². The molecular weight excluding hydrogens is 354 g/mol. The third kappa shape index (κ3) is 3.88. The summed E-state index contributed by atoms with van der Waals surface area (Å²) in [7, 11) is 1.66. The molecule has 1 aliphatic rings. The summed E-state index contributed by atoms with van der Waals surface area (Å²) in [6.45, 7) is 2.26. The Labute approximate surface area is 164 Å². The number of H-pyrrole nitrogens is 1. The van der Waals surface area contributed by atoms with Gasteiger partial charge in [-0.3, -0.25) is 4.79 Å². The highest BCUT2D eigenvalue weighted by molar-refractivity contribution is 5.85. The average molecular weight is 379 g/mol. The Bertz CT molecular complexity index is 930. The number of benzene rings is 2. The highest BCUT2D eigenvalue weighted by Gasteiger charge is 2.24. The molecule has 0 saturated carbocycles. The number of ether oxygens (including phenoxy) is 2. The standard InChI is InChI=1S/C22H25N3O3/c1-27-16-8-6-15(7-9-16)18(12-25-22(26)21-14-28-11-10-23-21)19-13-24-20-5-3-2-4-17(19)20/h2-9,13,18,21,23-24H,10-12,14H2,1H3,(H,25,26). The molecule has 0 spiro atoms. The number of hydrogen-bond donors (Lipinski definition) is 3. The average Bonchev–Trinajstić information content (AvgIpc) is 3.19. The Kier molecular flexibility index (Phi) is 5.60. The second-order valence-electron chi connectivity index (χ2n) is 6.94. The van der Waals surface area contributed by atoms with Gasteiger partial charge in [0.1, 0.15) is 11.8 Å². The molecule has 1 saturated heterocycles. The Morgan fingerprint density at radius 1 is 1.25 bits per heavy atom. The molecule has 28 heavy (non-hydrogen) atoms. The van der Waals surface area contributed by atoms with E-state index in [4.69, 9.17) is 9.47 Å². The van der Waals surface area contributed by atoms with Crippen molar-refractivity contribution in [2.24, 2.45) is 0 Å². The van der Waals surface area contributed by atoms with Gasteiger partial charge in [-0.1, -0.05) is 30.3 Å². The van der Waals surface area contributed by atoms with Gasteiger partial charge in [-0.2, -0.15) is 0 Å². The van der Waals surface area contributed by atoms with E-state index in [9.17, 15) is 4.79 Å². The zero-order valence-corrected chi connectivity index (χ0v) is 15.9. The van der Waals surface area contributed by atoms with Crippen LogP contribution in [-0.2, 0) is 9.53 Å². The third-order valence-electron chi connectivity index (χ3n) is 5.23. The van der Waals surface area contributed by atoms with E-state index in [1.807, 2.05) is 30.5 Å². The lowest BCUT2D eigenvalue weighted by Crippen LogP contribution is -2.51. The van der Waals surface area contributed by atoms with Crippen molar-refractivity contribution in [1.82, 2.24) is 15.6 Å². The Hall–Kier alpha value is -2.83. The predicted octanol–water partition coefficient (Wildman–Crippen LogP) is 2.41. The lowest BCUT2D eigenvalue weighted by atomic mass is 9.90. The first-order valence-electron chi connectivity index (χ1n) is 9.55. The number of aromatic amines is 1. The quantitative estimate of drug-likeness (QED) is 0.615. The summed E-state index contributed by atoms with van der Waals surface area (Å²) in [4.78, 5) is 15.9. The predicted molar refractivity (Wildman–Crippen MR) is 109 cm³/mol. The summed E-state index contributed by atoms with van der Waals surface area (Å²) in [6, 6.07) is 15.9. The molecule has 1 aromatic heterocycles. The smallest absolute Gasteiger partial charge is 0.239 e. The van der Waals surface area contributed by atoms with Crippen LogP contribution in [0.25, 0.3) is 10.9 Å². The summed E-state index contributed by atoms with van der Waals surface area (Å²) >= 11 is 0. The van der Waals surface area contributed by atoms with Gasteiger partial charge in [-0.15, -0.1) is 0 Å². The van der Waals surface area contributed by atoms with Crippen LogP contribution in [0.1, 0.15) is 17.0 Å². The molecule has 6 nitrogen and oxygen atoms in total. The molecule has 2 aromatic carbocycles. The summed E-state index contributed by atoms with van der Waals surface area (Å²) in [5, 5.41) is 7.47. The van der Waals surface area contributed by atoms with Crippen molar-refractivity contribution in [3.8, 4) is 5.75 Å². The maximum Gasteiger partial charge on any atom is 0.239 e. The molecule has 4 rings (SSSR count). The molecule has 0 bridgehead atoms. The first-order chi connectivity index (χ1) is 13.8. The van der Waals surface area contributed by atoms with Crippen LogP contribution in [0.3, 0.4) is 0 Å². The number of hydrogen-bond acceptors (Lipinski definition) is 4. The number of morpholine rings is 1. The number of nitrogens with one attached hydrogen (secondary N) is 3. The second kappa shape index (κ2) is 8.46. The van der Waals surface area contributed by atoms with Crippen LogP contribution in [0.15, 0.2) is 54.7 Å². The Balaban J connectivity index is 1.60. The second-order valence-corrected chi connectivity index (χ2v) is 6.94. The fourth-order valence-electron chi connectivity index (χ4n) is 3.69. The summed E-state index contributed by atoms with van der Waals surface area (Å²) in [6.07, 6.45) is 2.04. The number of fused-ring (bicyclic) bond motifs is 1. The topological polar surface area (TPSA) is 75.4 Å². The van der Waals surface area contributed by atoms with Crippen molar-refractivity contribution in [3.05, 3.63) is 65.9 Å². The molecule has 2 heterocycles. The highest BCUT2D eigenvalue weighted by Crippen LogP contribution is 2.31. The highest BCUT2D eigenvalue weighted by atomic mass is 16.5. The molecule has 3 N–H and O–H groups in total. The largest absolute Gasteiger partial charge is 0.497 e. The summed E-state index contributed by atoms with van der Waals surface area (Å²) in [5.74, 6) is 0.808. The van der Waals surface area contributed by atoms with Crippen LogP contribution in [0.2, 0.25) is 0 Å². The number of rotatable bonds is 6. The number of methoxy groups -OCH3 is 1. The minimum Gasteiger partial charge on any atom is -0.497 e. The molecule has 6 heteroatoms. The number of carbonyl (C=O) groups is 1. The van der Waals surface area contributed by atoms with Crippen LogP contribution in [-0.4, -0.2) is 50.3 Å². The Morgan fingerprint density at radius 2 is 2.07 bits per heavy atom. The molecule has 3 aromatic rings. The molecule has 1 aliphatic heterocycles. The van der Waals surface area contributed by atoms with Gasteiger partial charge < -0.3 is 25.1 Å². The maximum absolute atomic E-state index is 12.6. The lowest BCUT2D eigenvalue weighted by Gasteiger charge is -2.24. The van der Waals surface area contributed by atoms with E-state index in [-0.39, 0.29) is 17.9 Å². The Morgan fingerprint density at radius 3 is 2.82 bits per heavy atom. The first-order valence-corrected chi connectivity index (χ1v) is 9.55.